The topological polar surface area (TPSA) is 35.2 Å². The third-order valence-corrected chi connectivity index (χ3v) is 8.79. The normalized spacial score (nSPS) is 15.5. The predicted octanol–water partition coefficient (Wildman–Crippen LogP) is 7.86. The van der Waals surface area contributed by atoms with Crippen molar-refractivity contribution in [3.63, 3.8) is 0 Å². The second-order valence-corrected chi connectivity index (χ2v) is 12.6. The van der Waals surface area contributed by atoms with E-state index in [1.807, 2.05) is 12.3 Å². The van der Waals surface area contributed by atoms with Crippen LogP contribution in [0.1, 0.15) is 38.8 Å². The first kappa shape index (κ1) is 25.8. The monoisotopic (exact) mass is 697 g/mol. The van der Waals surface area contributed by atoms with Crippen molar-refractivity contribution in [2.45, 2.75) is 39.5 Å². The van der Waals surface area contributed by atoms with Crippen LogP contribution in [0.4, 0.5) is 11.5 Å². The summed E-state index contributed by atoms with van der Waals surface area (Å²) >= 11 is 2.39. The van der Waals surface area contributed by atoms with E-state index in [4.69, 9.17) is 9.72 Å². The van der Waals surface area contributed by atoms with Gasteiger partial charge in [-0.1, -0.05) is 27.7 Å². The Hall–Kier alpha value is -3.43. The van der Waals surface area contributed by atoms with Crippen LogP contribution >= 0.6 is 0 Å². The maximum atomic E-state index is 6.48. The Bertz CT molecular complexity index is 1740. The van der Waals surface area contributed by atoms with E-state index in [1.165, 1.54) is 27.8 Å². The fourth-order valence-corrected chi connectivity index (χ4v) is 6.30. The molecule has 3 heterocycles. The molecule has 0 aliphatic carbocycles. The van der Waals surface area contributed by atoms with Crippen molar-refractivity contribution >= 4 is 22.5 Å². The fourth-order valence-electron chi connectivity index (χ4n) is 5.46. The summed E-state index contributed by atoms with van der Waals surface area (Å²) in [5.41, 5.74) is 7.31. The number of hydrogen-bond donors (Lipinski definition) is 0. The van der Waals surface area contributed by atoms with Gasteiger partial charge in [0, 0.05) is 6.20 Å². The number of aromatic nitrogens is 3. The number of benzene rings is 3. The van der Waals surface area contributed by atoms with E-state index in [1.54, 1.807) is 0 Å². The molecule has 0 amide bonds. The molecule has 0 N–H and O–H groups in total. The van der Waals surface area contributed by atoms with Gasteiger partial charge in [-0.3, -0.25) is 0 Å². The van der Waals surface area contributed by atoms with Gasteiger partial charge >= 0.3 is 191 Å². The molecule has 1 aliphatic heterocycles. The summed E-state index contributed by atoms with van der Waals surface area (Å²) in [5, 5.41) is 0. The molecule has 39 heavy (non-hydrogen) atoms. The number of pyridine rings is 1. The van der Waals surface area contributed by atoms with Crippen molar-refractivity contribution in [3.8, 4) is 17.2 Å². The molecule has 0 bridgehead atoms. The molecule has 2 aromatic heterocycles. The molecule has 6 heteroatoms. The van der Waals surface area contributed by atoms with Crippen molar-refractivity contribution in [1.82, 2.24) is 14.1 Å². The number of ether oxygens (including phenoxy) is 1. The van der Waals surface area contributed by atoms with Crippen LogP contribution in [0.5, 0.6) is 11.5 Å². The van der Waals surface area contributed by atoms with E-state index in [0.29, 0.717) is 5.92 Å². The summed E-state index contributed by atoms with van der Waals surface area (Å²) in [6.07, 6.45) is 2.99. The summed E-state index contributed by atoms with van der Waals surface area (Å²) in [5.74, 6) is 3.18. The number of fused-ring (bicyclic) bond motifs is 2. The minimum absolute atomic E-state index is 0.0673. The second-order valence-electron chi connectivity index (χ2n) is 11.6. The van der Waals surface area contributed by atoms with Gasteiger partial charge in [0.15, 0.2) is 0 Å². The molecule has 0 radical (unpaired) electrons. The van der Waals surface area contributed by atoms with E-state index < -0.39 is 0 Å². The number of aryl methyl sites for hydroxylation is 1. The Balaban J connectivity index is 1.35. The van der Waals surface area contributed by atoms with Gasteiger partial charge in [-0.25, -0.2) is 0 Å². The van der Waals surface area contributed by atoms with Gasteiger partial charge in [-0.2, -0.15) is 0 Å². The van der Waals surface area contributed by atoms with Gasteiger partial charge in [-0.15, -0.1) is 0 Å². The molecular formula is C33H34N4OPt. The number of hydrogen-bond acceptors (Lipinski definition) is 3. The van der Waals surface area contributed by atoms with Crippen LogP contribution in [0.15, 0.2) is 85.1 Å². The zero-order valence-electron chi connectivity index (χ0n) is 23.1. The van der Waals surface area contributed by atoms with Crippen LogP contribution in [-0.4, -0.2) is 20.7 Å². The molecule has 1 aliphatic rings. The molecule has 6 rings (SSSR count). The van der Waals surface area contributed by atoms with Crippen molar-refractivity contribution < 1.29 is 24.1 Å². The van der Waals surface area contributed by atoms with Crippen LogP contribution in [-0.2, 0) is 38.2 Å². The molecule has 0 saturated heterocycles. The Labute approximate surface area is 241 Å². The second kappa shape index (κ2) is 9.95. The van der Waals surface area contributed by atoms with Crippen LogP contribution in [0.3, 0.4) is 0 Å². The van der Waals surface area contributed by atoms with Gasteiger partial charge < -0.3 is 0 Å². The van der Waals surface area contributed by atoms with Crippen LogP contribution < -0.4 is 9.64 Å². The van der Waals surface area contributed by atoms with Gasteiger partial charge in [0.05, 0.1) is 0 Å². The van der Waals surface area contributed by atoms with Crippen molar-refractivity contribution in [1.29, 1.82) is 0 Å². The Kier molecular flexibility index (Phi) is 6.59. The average Bonchev–Trinajstić information content (AvgIpc) is 3.18. The predicted molar refractivity (Wildman–Crippen MR) is 155 cm³/mol. The van der Waals surface area contributed by atoms with E-state index >= 15 is 0 Å². The molecule has 3 aromatic carbocycles. The van der Waals surface area contributed by atoms with Crippen molar-refractivity contribution in [2.75, 3.05) is 11.4 Å². The summed E-state index contributed by atoms with van der Waals surface area (Å²) in [6, 6.07) is 27.7. The van der Waals surface area contributed by atoms with E-state index in [2.05, 4.69) is 141 Å². The van der Waals surface area contributed by atoms with E-state index in [9.17, 15) is 0 Å². The molecule has 5 nitrogen and oxygen atoms in total. The standard InChI is InChI=1S/C33H34N4O.Pt/c1-23-17-24-13-14-28(20-31(24)36(21-23)32-18-25(15-16-34-32)33(2,3)4)38-27-10-8-9-26(19-27)37-22-35(5)29-11-6-7-12-30(29)37;/h6-16,18-20,23H,17,21H2,1-5H3;. The third kappa shape index (κ3) is 4.89. The maximum absolute atomic E-state index is 6.48. The van der Waals surface area contributed by atoms with Crippen molar-refractivity contribution in [2.24, 2.45) is 13.0 Å². The van der Waals surface area contributed by atoms with Gasteiger partial charge in [-0.05, 0) is 17.0 Å². The molecule has 0 fully saturated rings. The summed E-state index contributed by atoms with van der Waals surface area (Å²) in [4.78, 5) is 7.14. The number of nitrogens with zero attached hydrogens (tertiary/aromatic N) is 4. The SMILES string of the molecule is CC1Cc2ccc(Oc3cccc(-n4[c](=[Pt])n(C)c5ccccc54)c3)cc2N(c2cc(C(C)(C)C)ccn2)C1. The molecule has 0 saturated carbocycles. The number of rotatable bonds is 4. The summed E-state index contributed by atoms with van der Waals surface area (Å²) in [7, 11) is 2.10. The number of para-hydroxylation sites is 2. The van der Waals surface area contributed by atoms with Gasteiger partial charge in [0.25, 0.3) is 0 Å². The molecule has 5 aromatic rings. The third-order valence-electron chi connectivity index (χ3n) is 7.52. The van der Waals surface area contributed by atoms with Crippen LogP contribution in [0.2, 0.25) is 0 Å². The van der Waals surface area contributed by atoms with E-state index in [-0.39, 0.29) is 5.41 Å². The summed E-state index contributed by atoms with van der Waals surface area (Å²) < 4.78 is 12.1. The number of anilines is 2. The zero-order chi connectivity index (χ0) is 27.3. The molecule has 0 spiro atoms. The van der Waals surface area contributed by atoms with Gasteiger partial charge in [0.2, 0.25) is 0 Å². The fraction of sp³-hybridized carbons (Fsp3) is 0.273. The van der Waals surface area contributed by atoms with Crippen LogP contribution in [0, 0.1) is 9.72 Å². The minimum atomic E-state index is 0.0673. The Morgan fingerprint density at radius 1 is 0.897 bits per heavy atom. The summed E-state index contributed by atoms with van der Waals surface area (Å²) in [6.45, 7) is 9.98. The first-order valence-corrected chi connectivity index (χ1v) is 14.6. The molecule has 1 unspecified atom stereocenters. The van der Waals surface area contributed by atoms with Crippen LogP contribution in [0.25, 0.3) is 16.7 Å². The van der Waals surface area contributed by atoms with E-state index in [0.717, 1.165) is 39.8 Å². The Morgan fingerprint density at radius 2 is 1.67 bits per heavy atom. The molecular weight excluding hydrogens is 663 g/mol. The molecule has 202 valence electrons. The number of imidazole rings is 1. The first-order chi connectivity index (χ1) is 18.7. The average molecular weight is 698 g/mol. The Morgan fingerprint density at radius 3 is 2.46 bits per heavy atom. The quantitative estimate of drug-likeness (QED) is 0.192. The van der Waals surface area contributed by atoms with Crippen molar-refractivity contribution in [3.05, 3.63) is 100.0 Å². The molecule has 1 atom stereocenters. The van der Waals surface area contributed by atoms with Gasteiger partial charge in [0.1, 0.15) is 0 Å². The zero-order valence-corrected chi connectivity index (χ0v) is 25.4. The first-order valence-electron chi connectivity index (χ1n) is 13.5.